The van der Waals surface area contributed by atoms with Crippen LogP contribution in [0.3, 0.4) is 0 Å². The third-order valence-corrected chi connectivity index (χ3v) is 4.01. The van der Waals surface area contributed by atoms with Crippen LogP contribution >= 0.6 is 15.9 Å². The van der Waals surface area contributed by atoms with E-state index in [0.29, 0.717) is 40.7 Å². The second kappa shape index (κ2) is 8.58. The molecule has 2 rings (SSSR count). The molecule has 0 amide bonds. The number of aromatic nitrogens is 2. The third kappa shape index (κ3) is 4.19. The number of H-pyrrole nitrogens is 1. The van der Waals surface area contributed by atoms with Crippen LogP contribution in [0.2, 0.25) is 0 Å². The SMILES string of the molecule is CCCOc1n[nH]c(=O)c(Br)c1NCc1ccc(OC)c(OC)c1. The summed E-state index contributed by atoms with van der Waals surface area (Å²) < 4.78 is 16.4. The van der Waals surface area contributed by atoms with Gasteiger partial charge in [0.05, 0.1) is 20.8 Å². The Morgan fingerprint density at radius 1 is 1.25 bits per heavy atom. The Morgan fingerprint density at radius 2 is 2.00 bits per heavy atom. The molecule has 0 spiro atoms. The van der Waals surface area contributed by atoms with E-state index >= 15 is 0 Å². The largest absolute Gasteiger partial charge is 0.493 e. The number of benzene rings is 1. The number of ether oxygens (including phenoxy) is 3. The van der Waals surface area contributed by atoms with Crippen LogP contribution < -0.4 is 25.1 Å². The number of nitrogens with one attached hydrogen (secondary N) is 2. The lowest BCUT2D eigenvalue weighted by Crippen LogP contribution is -2.15. The minimum absolute atomic E-state index is 0.325. The number of aromatic amines is 1. The molecule has 0 atom stereocenters. The Bertz CT molecular complexity index is 749. The Morgan fingerprint density at radius 3 is 2.67 bits per heavy atom. The van der Waals surface area contributed by atoms with E-state index in [4.69, 9.17) is 14.2 Å². The van der Waals surface area contributed by atoms with Crippen molar-refractivity contribution >= 4 is 21.6 Å². The molecule has 0 bridgehead atoms. The number of nitrogens with zero attached hydrogens (tertiary/aromatic N) is 1. The fourth-order valence-corrected chi connectivity index (χ4v) is 2.45. The first-order chi connectivity index (χ1) is 11.6. The number of methoxy groups -OCH3 is 2. The standard InChI is InChI=1S/C16H20BrN3O4/c1-4-7-24-16-14(13(17)15(21)19-20-16)18-9-10-5-6-11(22-2)12(8-10)23-3/h5-6,8H,4,7,9H2,1-3H3,(H2,18,19,21). The van der Waals surface area contributed by atoms with Crippen LogP contribution in [0.25, 0.3) is 0 Å². The first kappa shape index (κ1) is 18.1. The molecule has 8 heteroatoms. The molecule has 130 valence electrons. The highest BCUT2D eigenvalue weighted by atomic mass is 79.9. The fourth-order valence-electron chi connectivity index (χ4n) is 2.05. The quantitative estimate of drug-likeness (QED) is 0.711. The Balaban J connectivity index is 2.22. The minimum Gasteiger partial charge on any atom is -0.493 e. The second-order valence-electron chi connectivity index (χ2n) is 4.94. The van der Waals surface area contributed by atoms with Gasteiger partial charge in [0, 0.05) is 6.54 Å². The molecule has 7 nitrogen and oxygen atoms in total. The fraction of sp³-hybridized carbons (Fsp3) is 0.375. The number of anilines is 1. The van der Waals surface area contributed by atoms with E-state index in [9.17, 15) is 4.79 Å². The summed E-state index contributed by atoms with van der Waals surface area (Å²) in [5.74, 6) is 1.65. The lowest BCUT2D eigenvalue weighted by atomic mass is 10.2. The first-order valence-corrected chi connectivity index (χ1v) is 8.25. The van der Waals surface area contributed by atoms with Gasteiger partial charge in [-0.2, -0.15) is 0 Å². The molecule has 0 aliphatic carbocycles. The van der Waals surface area contributed by atoms with Gasteiger partial charge in [-0.1, -0.05) is 13.0 Å². The number of halogens is 1. The summed E-state index contributed by atoms with van der Waals surface area (Å²) in [4.78, 5) is 11.8. The van der Waals surface area contributed by atoms with Gasteiger partial charge in [0.2, 0.25) is 0 Å². The average molecular weight is 398 g/mol. The molecule has 2 N–H and O–H groups in total. The number of rotatable bonds is 8. The van der Waals surface area contributed by atoms with E-state index < -0.39 is 0 Å². The third-order valence-electron chi connectivity index (χ3n) is 3.25. The molecule has 0 fully saturated rings. The smallest absolute Gasteiger partial charge is 0.280 e. The summed E-state index contributed by atoms with van der Waals surface area (Å²) in [6, 6.07) is 5.61. The molecule has 1 aromatic carbocycles. The van der Waals surface area contributed by atoms with Gasteiger partial charge in [0.15, 0.2) is 11.5 Å². The predicted molar refractivity (Wildman–Crippen MR) is 95.2 cm³/mol. The Kier molecular flexibility index (Phi) is 6.48. The van der Waals surface area contributed by atoms with E-state index in [1.807, 2.05) is 25.1 Å². The first-order valence-electron chi connectivity index (χ1n) is 7.46. The molecule has 0 unspecified atom stereocenters. The highest BCUT2D eigenvalue weighted by molar-refractivity contribution is 9.10. The predicted octanol–water partition coefficient (Wildman–Crippen LogP) is 2.95. The van der Waals surface area contributed by atoms with Crippen molar-refractivity contribution in [2.45, 2.75) is 19.9 Å². The molecular formula is C16H20BrN3O4. The van der Waals surface area contributed by atoms with Gasteiger partial charge in [-0.05, 0) is 40.0 Å². The van der Waals surface area contributed by atoms with Crippen molar-refractivity contribution in [1.82, 2.24) is 10.2 Å². The van der Waals surface area contributed by atoms with Gasteiger partial charge >= 0.3 is 0 Å². The summed E-state index contributed by atoms with van der Waals surface area (Å²) in [6.45, 7) is 2.97. The maximum atomic E-state index is 11.8. The Hall–Kier alpha value is -2.22. The van der Waals surface area contributed by atoms with E-state index in [1.165, 1.54) is 0 Å². The van der Waals surface area contributed by atoms with E-state index in [-0.39, 0.29) is 5.56 Å². The molecular weight excluding hydrogens is 378 g/mol. The lowest BCUT2D eigenvalue weighted by Gasteiger charge is -2.14. The molecule has 24 heavy (non-hydrogen) atoms. The van der Waals surface area contributed by atoms with Gasteiger partial charge < -0.3 is 19.5 Å². The monoisotopic (exact) mass is 397 g/mol. The molecule has 0 aliphatic rings. The molecule has 2 aromatic rings. The van der Waals surface area contributed by atoms with Crippen molar-refractivity contribution in [2.75, 3.05) is 26.1 Å². The normalized spacial score (nSPS) is 10.3. The van der Waals surface area contributed by atoms with Gasteiger partial charge in [-0.25, -0.2) is 5.10 Å². The van der Waals surface area contributed by atoms with Gasteiger partial charge in [-0.15, -0.1) is 5.10 Å². The summed E-state index contributed by atoms with van der Waals surface area (Å²) in [7, 11) is 3.18. The summed E-state index contributed by atoms with van der Waals surface area (Å²) in [6.07, 6.45) is 0.841. The average Bonchev–Trinajstić information content (AvgIpc) is 2.61. The lowest BCUT2D eigenvalue weighted by molar-refractivity contribution is 0.302. The van der Waals surface area contributed by atoms with E-state index in [1.54, 1.807) is 14.2 Å². The maximum Gasteiger partial charge on any atom is 0.280 e. The zero-order valence-corrected chi connectivity index (χ0v) is 15.4. The summed E-state index contributed by atoms with van der Waals surface area (Å²) >= 11 is 3.28. The van der Waals surface area contributed by atoms with Crippen LogP contribution in [0.4, 0.5) is 5.69 Å². The summed E-state index contributed by atoms with van der Waals surface area (Å²) in [5.41, 5.74) is 1.15. The van der Waals surface area contributed by atoms with Crippen molar-refractivity contribution < 1.29 is 14.2 Å². The van der Waals surface area contributed by atoms with Crippen molar-refractivity contribution in [3.63, 3.8) is 0 Å². The molecule has 0 radical (unpaired) electrons. The van der Waals surface area contributed by atoms with Crippen LogP contribution in [0.1, 0.15) is 18.9 Å². The molecule has 1 heterocycles. The van der Waals surface area contributed by atoms with Crippen molar-refractivity contribution in [1.29, 1.82) is 0 Å². The van der Waals surface area contributed by atoms with Gasteiger partial charge in [0.25, 0.3) is 11.4 Å². The van der Waals surface area contributed by atoms with Gasteiger partial charge in [-0.3, -0.25) is 4.79 Å². The highest BCUT2D eigenvalue weighted by Gasteiger charge is 2.14. The van der Waals surface area contributed by atoms with Gasteiger partial charge in [0.1, 0.15) is 10.2 Å². The van der Waals surface area contributed by atoms with Crippen LogP contribution in [-0.2, 0) is 6.54 Å². The maximum absolute atomic E-state index is 11.8. The topological polar surface area (TPSA) is 85.5 Å². The Labute approximate surface area is 148 Å². The van der Waals surface area contributed by atoms with E-state index in [2.05, 4.69) is 31.4 Å². The van der Waals surface area contributed by atoms with Crippen molar-refractivity contribution in [3.8, 4) is 17.4 Å². The highest BCUT2D eigenvalue weighted by Crippen LogP contribution is 2.30. The zero-order valence-electron chi connectivity index (χ0n) is 13.8. The molecule has 0 saturated carbocycles. The van der Waals surface area contributed by atoms with Crippen LogP contribution in [0, 0.1) is 0 Å². The van der Waals surface area contributed by atoms with Crippen LogP contribution in [-0.4, -0.2) is 31.0 Å². The molecule has 0 saturated heterocycles. The minimum atomic E-state index is -0.325. The van der Waals surface area contributed by atoms with Crippen LogP contribution in [0.5, 0.6) is 17.4 Å². The zero-order chi connectivity index (χ0) is 17.5. The van der Waals surface area contributed by atoms with Crippen molar-refractivity contribution in [2.24, 2.45) is 0 Å². The molecule has 1 aromatic heterocycles. The van der Waals surface area contributed by atoms with Crippen LogP contribution in [0.15, 0.2) is 27.5 Å². The second-order valence-corrected chi connectivity index (χ2v) is 5.73. The molecule has 0 aliphatic heterocycles. The number of hydrogen-bond donors (Lipinski definition) is 2. The van der Waals surface area contributed by atoms with E-state index in [0.717, 1.165) is 12.0 Å². The summed E-state index contributed by atoms with van der Waals surface area (Å²) in [5, 5.41) is 9.53. The number of hydrogen-bond acceptors (Lipinski definition) is 6. The van der Waals surface area contributed by atoms with Crippen molar-refractivity contribution in [3.05, 3.63) is 38.6 Å².